The zero-order valence-electron chi connectivity index (χ0n) is 13.2. The number of hydrazone groups is 1. The lowest BCUT2D eigenvalue weighted by Crippen LogP contribution is -2.03. The third-order valence-corrected chi connectivity index (χ3v) is 2.96. The number of nitrogens with one attached hydrogen (secondary N) is 1. The molecule has 0 fully saturated rings. The molecule has 0 unspecified atom stereocenters. The maximum absolute atomic E-state index is 5.63. The first-order chi connectivity index (χ1) is 10.7. The number of ether oxygens (including phenoxy) is 2. The molecule has 0 atom stereocenters. The van der Waals surface area contributed by atoms with Gasteiger partial charge in [-0.15, -0.1) is 0 Å². The van der Waals surface area contributed by atoms with Gasteiger partial charge in [0, 0.05) is 11.8 Å². The van der Waals surface area contributed by atoms with E-state index in [1.54, 1.807) is 6.20 Å². The van der Waals surface area contributed by atoms with Gasteiger partial charge in [0.25, 0.3) is 0 Å². The molecule has 1 N–H and O–H groups in total. The van der Waals surface area contributed by atoms with Crippen LogP contribution in [0.4, 0.5) is 5.82 Å². The summed E-state index contributed by atoms with van der Waals surface area (Å²) in [4.78, 5) is 4.17. The van der Waals surface area contributed by atoms with Crippen LogP contribution < -0.4 is 14.9 Å². The summed E-state index contributed by atoms with van der Waals surface area (Å²) in [5, 5.41) is 4.35. The molecule has 0 saturated heterocycles. The Balaban J connectivity index is 2.18. The Hall–Kier alpha value is -2.56. The lowest BCUT2D eigenvalue weighted by molar-refractivity contribution is 0.287. The molecule has 0 aliphatic carbocycles. The van der Waals surface area contributed by atoms with Crippen LogP contribution in [0.5, 0.6) is 11.5 Å². The van der Waals surface area contributed by atoms with Crippen molar-refractivity contribution in [2.45, 2.75) is 20.8 Å². The van der Waals surface area contributed by atoms with Crippen molar-refractivity contribution in [2.24, 2.45) is 5.10 Å². The van der Waals surface area contributed by atoms with Gasteiger partial charge in [-0.05, 0) is 51.1 Å². The first kappa shape index (κ1) is 15.8. The summed E-state index contributed by atoms with van der Waals surface area (Å²) in [6.07, 6.45) is 1.72. The van der Waals surface area contributed by atoms with E-state index in [-0.39, 0.29) is 0 Å². The average Bonchev–Trinajstić information content (AvgIpc) is 2.55. The van der Waals surface area contributed by atoms with E-state index < -0.39 is 0 Å². The van der Waals surface area contributed by atoms with E-state index in [2.05, 4.69) is 15.5 Å². The molecule has 0 bridgehead atoms. The maximum atomic E-state index is 5.63. The van der Waals surface area contributed by atoms with E-state index in [1.165, 1.54) is 0 Å². The number of rotatable bonds is 7. The highest BCUT2D eigenvalue weighted by atomic mass is 16.5. The van der Waals surface area contributed by atoms with E-state index in [9.17, 15) is 0 Å². The summed E-state index contributed by atoms with van der Waals surface area (Å²) in [5.41, 5.74) is 4.75. The second-order valence-electron chi connectivity index (χ2n) is 4.55. The molecule has 22 heavy (non-hydrogen) atoms. The van der Waals surface area contributed by atoms with Crippen LogP contribution in [-0.4, -0.2) is 23.9 Å². The lowest BCUT2D eigenvalue weighted by Gasteiger charge is -2.12. The largest absolute Gasteiger partial charge is 0.490 e. The van der Waals surface area contributed by atoms with Crippen LogP contribution in [0.25, 0.3) is 0 Å². The summed E-state index contributed by atoms with van der Waals surface area (Å²) in [6.45, 7) is 7.03. The number of hydrogen-bond acceptors (Lipinski definition) is 5. The first-order valence-corrected chi connectivity index (χ1v) is 7.36. The smallest absolute Gasteiger partial charge is 0.161 e. The molecular formula is C17H21N3O2. The predicted octanol–water partition coefficient (Wildman–Crippen LogP) is 3.72. The van der Waals surface area contributed by atoms with E-state index in [1.807, 2.05) is 57.2 Å². The number of pyridine rings is 1. The van der Waals surface area contributed by atoms with Crippen LogP contribution in [0.2, 0.25) is 0 Å². The molecule has 0 amide bonds. The first-order valence-electron chi connectivity index (χ1n) is 7.36. The van der Waals surface area contributed by atoms with Crippen LogP contribution in [0, 0.1) is 0 Å². The van der Waals surface area contributed by atoms with Crippen molar-refractivity contribution in [1.82, 2.24) is 4.98 Å². The van der Waals surface area contributed by atoms with Gasteiger partial charge in [0.1, 0.15) is 5.82 Å². The van der Waals surface area contributed by atoms with Crippen LogP contribution in [-0.2, 0) is 0 Å². The summed E-state index contributed by atoms with van der Waals surface area (Å²) in [6, 6.07) is 11.4. The van der Waals surface area contributed by atoms with Crippen molar-refractivity contribution in [3.8, 4) is 11.5 Å². The van der Waals surface area contributed by atoms with Gasteiger partial charge in [0.2, 0.25) is 0 Å². The van der Waals surface area contributed by atoms with Crippen LogP contribution in [0.15, 0.2) is 47.7 Å². The molecule has 0 aliphatic rings. The zero-order valence-corrected chi connectivity index (χ0v) is 13.2. The van der Waals surface area contributed by atoms with E-state index in [0.717, 1.165) is 22.8 Å². The predicted molar refractivity (Wildman–Crippen MR) is 88.9 cm³/mol. The van der Waals surface area contributed by atoms with Crippen LogP contribution >= 0.6 is 0 Å². The summed E-state index contributed by atoms with van der Waals surface area (Å²) in [7, 11) is 0. The molecule has 1 aromatic heterocycles. The number of aromatic nitrogens is 1. The maximum Gasteiger partial charge on any atom is 0.161 e. The fraction of sp³-hybridized carbons (Fsp3) is 0.294. The molecule has 5 heteroatoms. The van der Waals surface area contributed by atoms with E-state index >= 15 is 0 Å². The third-order valence-electron chi connectivity index (χ3n) is 2.96. The molecule has 2 aromatic rings. The molecule has 0 saturated carbocycles. The van der Waals surface area contributed by atoms with Gasteiger partial charge in [0.15, 0.2) is 11.5 Å². The Bertz CT molecular complexity index is 627. The highest BCUT2D eigenvalue weighted by Crippen LogP contribution is 2.28. The van der Waals surface area contributed by atoms with Crippen molar-refractivity contribution in [1.29, 1.82) is 0 Å². The van der Waals surface area contributed by atoms with Crippen molar-refractivity contribution < 1.29 is 9.47 Å². The number of hydrogen-bond donors (Lipinski definition) is 1. The average molecular weight is 299 g/mol. The molecule has 0 spiro atoms. The van der Waals surface area contributed by atoms with Gasteiger partial charge in [-0.25, -0.2) is 4.98 Å². The second kappa shape index (κ2) is 8.02. The number of nitrogens with zero attached hydrogens (tertiary/aromatic N) is 2. The molecule has 0 radical (unpaired) electrons. The van der Waals surface area contributed by atoms with E-state index in [0.29, 0.717) is 19.0 Å². The van der Waals surface area contributed by atoms with Gasteiger partial charge in [-0.3, -0.25) is 5.43 Å². The van der Waals surface area contributed by atoms with Crippen molar-refractivity contribution in [2.75, 3.05) is 18.6 Å². The van der Waals surface area contributed by atoms with Gasteiger partial charge >= 0.3 is 0 Å². The minimum absolute atomic E-state index is 0.589. The molecule has 1 aromatic carbocycles. The molecule has 116 valence electrons. The van der Waals surface area contributed by atoms with Gasteiger partial charge in [-0.2, -0.15) is 5.10 Å². The van der Waals surface area contributed by atoms with Crippen molar-refractivity contribution >= 4 is 11.5 Å². The Labute approximate surface area is 131 Å². The Morgan fingerprint density at radius 2 is 1.86 bits per heavy atom. The zero-order chi connectivity index (χ0) is 15.8. The highest BCUT2D eigenvalue weighted by Gasteiger charge is 2.08. The molecule has 5 nitrogen and oxygen atoms in total. The minimum Gasteiger partial charge on any atom is -0.490 e. The number of anilines is 1. The van der Waals surface area contributed by atoms with Gasteiger partial charge in [-0.1, -0.05) is 6.07 Å². The third kappa shape index (κ3) is 4.22. The standard InChI is InChI=1S/C17H21N3O2/c1-4-21-15-10-9-14(12-16(15)22-5-2)13(3)19-20-17-8-6-7-11-18-17/h6-12H,4-5H2,1-3H3,(H,18,20)/b19-13-. The van der Waals surface area contributed by atoms with E-state index in [4.69, 9.17) is 9.47 Å². The fourth-order valence-electron chi connectivity index (χ4n) is 1.91. The Morgan fingerprint density at radius 3 is 2.55 bits per heavy atom. The topological polar surface area (TPSA) is 55.7 Å². The second-order valence-corrected chi connectivity index (χ2v) is 4.55. The quantitative estimate of drug-likeness (QED) is 0.625. The van der Waals surface area contributed by atoms with Crippen LogP contribution in [0.3, 0.4) is 0 Å². The SMILES string of the molecule is CCOc1ccc(/C(C)=N\Nc2ccccn2)cc1OCC. The van der Waals surface area contributed by atoms with Gasteiger partial charge in [0.05, 0.1) is 18.9 Å². The summed E-state index contributed by atoms with van der Waals surface area (Å²) in [5.74, 6) is 2.19. The molecular weight excluding hydrogens is 278 g/mol. The summed E-state index contributed by atoms with van der Waals surface area (Å²) < 4.78 is 11.2. The molecule has 1 heterocycles. The van der Waals surface area contributed by atoms with Gasteiger partial charge < -0.3 is 9.47 Å². The van der Waals surface area contributed by atoms with Crippen molar-refractivity contribution in [3.63, 3.8) is 0 Å². The Morgan fingerprint density at radius 1 is 1.09 bits per heavy atom. The highest BCUT2D eigenvalue weighted by molar-refractivity contribution is 5.99. The van der Waals surface area contributed by atoms with Crippen LogP contribution in [0.1, 0.15) is 26.3 Å². The lowest BCUT2D eigenvalue weighted by atomic mass is 10.1. The summed E-state index contributed by atoms with van der Waals surface area (Å²) >= 11 is 0. The molecule has 2 rings (SSSR count). The number of benzene rings is 1. The molecule has 0 aliphatic heterocycles. The minimum atomic E-state index is 0.589. The Kier molecular flexibility index (Phi) is 5.77. The fourth-order valence-corrected chi connectivity index (χ4v) is 1.91. The monoisotopic (exact) mass is 299 g/mol. The normalized spacial score (nSPS) is 11.1. The van der Waals surface area contributed by atoms with Crippen molar-refractivity contribution in [3.05, 3.63) is 48.2 Å².